The van der Waals surface area contributed by atoms with Crippen LogP contribution in [0.4, 0.5) is 5.69 Å². The number of hydrogen-bond acceptors (Lipinski definition) is 4. The molecule has 0 aliphatic heterocycles. The van der Waals surface area contributed by atoms with Gasteiger partial charge in [-0.25, -0.2) is 0 Å². The van der Waals surface area contributed by atoms with Crippen molar-refractivity contribution in [2.24, 2.45) is 5.73 Å². The zero-order chi connectivity index (χ0) is 15.4. The van der Waals surface area contributed by atoms with E-state index in [1.165, 1.54) is 11.3 Å². The highest BCUT2D eigenvalue weighted by Crippen LogP contribution is 2.23. The van der Waals surface area contributed by atoms with Crippen LogP contribution < -0.4 is 10.6 Å². The minimum absolute atomic E-state index is 0.187. The van der Waals surface area contributed by atoms with Crippen LogP contribution in [0.25, 0.3) is 0 Å². The van der Waals surface area contributed by atoms with E-state index in [0.29, 0.717) is 6.54 Å². The first-order valence-corrected chi connectivity index (χ1v) is 7.24. The Hall–Kier alpha value is -1.78. The molecule has 0 fully saturated rings. The lowest BCUT2D eigenvalue weighted by Gasteiger charge is -2.27. The molecule has 114 valence electrons. The first kappa shape index (κ1) is 15.6. The van der Waals surface area contributed by atoms with Crippen molar-refractivity contribution in [3.8, 4) is 0 Å². The Labute approximate surface area is 127 Å². The molecule has 0 amide bonds. The van der Waals surface area contributed by atoms with Gasteiger partial charge in [-0.2, -0.15) is 0 Å². The highest BCUT2D eigenvalue weighted by Gasteiger charge is 2.17. The first-order chi connectivity index (χ1) is 10.0. The fourth-order valence-electron chi connectivity index (χ4n) is 2.49. The van der Waals surface area contributed by atoms with Gasteiger partial charge in [0.25, 0.3) is 0 Å². The quantitative estimate of drug-likeness (QED) is 0.887. The molecule has 2 N–H and O–H groups in total. The van der Waals surface area contributed by atoms with Crippen molar-refractivity contribution in [1.29, 1.82) is 0 Å². The molecule has 0 spiro atoms. The summed E-state index contributed by atoms with van der Waals surface area (Å²) in [5.41, 5.74) is 8.40. The fourth-order valence-corrected chi connectivity index (χ4v) is 2.49. The van der Waals surface area contributed by atoms with E-state index in [-0.39, 0.29) is 6.04 Å². The number of nitrogens with two attached hydrogens (primary N) is 1. The Morgan fingerprint density at radius 2 is 1.71 bits per heavy atom. The van der Waals surface area contributed by atoms with Crippen molar-refractivity contribution >= 4 is 5.69 Å². The second kappa shape index (κ2) is 6.78. The standard InChI is InChI=1S/C17H25N3O/c1-13-5-10-16(21-13)12-20(4)17(11-18)14-6-8-15(9-7-14)19(2)3/h5-10,17H,11-12,18H2,1-4H3. The average molecular weight is 287 g/mol. The predicted molar refractivity (Wildman–Crippen MR) is 87.5 cm³/mol. The Balaban J connectivity index is 2.10. The molecule has 1 heterocycles. The van der Waals surface area contributed by atoms with Crippen LogP contribution in [0, 0.1) is 6.92 Å². The van der Waals surface area contributed by atoms with E-state index in [1.54, 1.807) is 0 Å². The molecule has 1 unspecified atom stereocenters. The molecule has 2 rings (SSSR count). The molecule has 2 aromatic rings. The predicted octanol–water partition coefficient (Wildman–Crippen LogP) is 2.79. The maximum absolute atomic E-state index is 5.98. The molecule has 1 aromatic carbocycles. The van der Waals surface area contributed by atoms with Gasteiger partial charge in [-0.3, -0.25) is 4.90 Å². The third-order valence-electron chi connectivity index (χ3n) is 3.75. The van der Waals surface area contributed by atoms with Crippen LogP contribution >= 0.6 is 0 Å². The Kier molecular flexibility index (Phi) is 5.04. The molecule has 1 aromatic heterocycles. The van der Waals surface area contributed by atoms with E-state index in [4.69, 9.17) is 10.2 Å². The summed E-state index contributed by atoms with van der Waals surface area (Å²) in [7, 11) is 6.16. The number of hydrogen-bond donors (Lipinski definition) is 1. The van der Waals surface area contributed by atoms with Crippen molar-refractivity contribution in [1.82, 2.24) is 4.90 Å². The topological polar surface area (TPSA) is 45.6 Å². The van der Waals surface area contributed by atoms with Crippen molar-refractivity contribution < 1.29 is 4.42 Å². The summed E-state index contributed by atoms with van der Waals surface area (Å²) in [5, 5.41) is 0. The summed E-state index contributed by atoms with van der Waals surface area (Å²) in [5.74, 6) is 1.91. The van der Waals surface area contributed by atoms with Gasteiger partial charge < -0.3 is 15.1 Å². The smallest absolute Gasteiger partial charge is 0.118 e. The van der Waals surface area contributed by atoms with Crippen molar-refractivity contribution in [3.63, 3.8) is 0 Å². The molecule has 0 saturated heterocycles. The van der Waals surface area contributed by atoms with Gasteiger partial charge in [0.15, 0.2) is 0 Å². The molecule has 0 saturated carbocycles. The van der Waals surface area contributed by atoms with Gasteiger partial charge in [0.05, 0.1) is 6.54 Å². The number of nitrogens with zero attached hydrogens (tertiary/aromatic N) is 2. The summed E-state index contributed by atoms with van der Waals surface area (Å²) in [6, 6.07) is 12.8. The van der Waals surface area contributed by atoms with Gasteiger partial charge >= 0.3 is 0 Å². The van der Waals surface area contributed by atoms with E-state index in [0.717, 1.165) is 18.1 Å². The zero-order valence-electron chi connectivity index (χ0n) is 13.3. The summed E-state index contributed by atoms with van der Waals surface area (Å²) >= 11 is 0. The summed E-state index contributed by atoms with van der Waals surface area (Å²) in [4.78, 5) is 4.32. The molecule has 0 aliphatic carbocycles. The third-order valence-corrected chi connectivity index (χ3v) is 3.75. The minimum atomic E-state index is 0.187. The second-order valence-corrected chi connectivity index (χ2v) is 5.66. The van der Waals surface area contributed by atoms with Gasteiger partial charge in [-0.15, -0.1) is 0 Å². The van der Waals surface area contributed by atoms with Crippen molar-refractivity contribution in [2.75, 3.05) is 32.6 Å². The fraction of sp³-hybridized carbons (Fsp3) is 0.412. The van der Waals surface area contributed by atoms with Crippen molar-refractivity contribution in [2.45, 2.75) is 19.5 Å². The monoisotopic (exact) mass is 287 g/mol. The van der Waals surface area contributed by atoms with Crippen LogP contribution in [0.1, 0.15) is 23.1 Å². The lowest BCUT2D eigenvalue weighted by atomic mass is 10.0. The molecular formula is C17H25N3O. The summed E-state index contributed by atoms with van der Waals surface area (Å²) < 4.78 is 5.65. The van der Waals surface area contributed by atoms with E-state index in [9.17, 15) is 0 Å². The van der Waals surface area contributed by atoms with Gasteiger partial charge in [-0.05, 0) is 43.8 Å². The van der Waals surface area contributed by atoms with Crippen molar-refractivity contribution in [3.05, 3.63) is 53.5 Å². The Morgan fingerprint density at radius 3 is 2.19 bits per heavy atom. The number of benzene rings is 1. The highest BCUT2D eigenvalue weighted by atomic mass is 16.3. The SMILES string of the molecule is Cc1ccc(CN(C)C(CN)c2ccc(N(C)C)cc2)o1. The largest absolute Gasteiger partial charge is 0.465 e. The van der Waals surface area contributed by atoms with Gasteiger partial charge in [-0.1, -0.05) is 12.1 Å². The van der Waals surface area contributed by atoms with Crippen LogP contribution in [0.3, 0.4) is 0 Å². The maximum atomic E-state index is 5.98. The van der Waals surface area contributed by atoms with Gasteiger partial charge in [0, 0.05) is 32.4 Å². The molecule has 21 heavy (non-hydrogen) atoms. The summed E-state index contributed by atoms with van der Waals surface area (Å²) in [6.45, 7) is 3.30. The second-order valence-electron chi connectivity index (χ2n) is 5.66. The van der Waals surface area contributed by atoms with Crippen LogP contribution in [0.5, 0.6) is 0 Å². The van der Waals surface area contributed by atoms with E-state index >= 15 is 0 Å². The van der Waals surface area contributed by atoms with Crippen LogP contribution in [-0.4, -0.2) is 32.6 Å². The third kappa shape index (κ3) is 3.86. The molecule has 4 nitrogen and oxygen atoms in total. The molecule has 1 atom stereocenters. The Morgan fingerprint density at radius 1 is 1.05 bits per heavy atom. The minimum Gasteiger partial charge on any atom is -0.465 e. The van der Waals surface area contributed by atoms with E-state index < -0.39 is 0 Å². The lowest BCUT2D eigenvalue weighted by molar-refractivity contribution is 0.221. The van der Waals surface area contributed by atoms with Crippen LogP contribution in [0.2, 0.25) is 0 Å². The lowest BCUT2D eigenvalue weighted by Crippen LogP contribution is -2.30. The molecule has 0 bridgehead atoms. The first-order valence-electron chi connectivity index (χ1n) is 7.24. The molecule has 0 radical (unpaired) electrons. The summed E-state index contributed by atoms with van der Waals surface area (Å²) in [6.07, 6.45) is 0. The Bertz CT molecular complexity index is 560. The average Bonchev–Trinajstić information content (AvgIpc) is 2.85. The van der Waals surface area contributed by atoms with Crippen LogP contribution in [0.15, 0.2) is 40.8 Å². The number of aryl methyl sites for hydroxylation is 1. The number of anilines is 1. The molecule has 4 heteroatoms. The van der Waals surface area contributed by atoms with Gasteiger partial charge in [0.1, 0.15) is 11.5 Å². The van der Waals surface area contributed by atoms with E-state index in [2.05, 4.69) is 41.1 Å². The normalized spacial score (nSPS) is 12.7. The molecular weight excluding hydrogens is 262 g/mol. The number of rotatable bonds is 6. The maximum Gasteiger partial charge on any atom is 0.118 e. The van der Waals surface area contributed by atoms with Crippen LogP contribution in [-0.2, 0) is 6.54 Å². The highest BCUT2D eigenvalue weighted by molar-refractivity contribution is 5.46. The van der Waals surface area contributed by atoms with Gasteiger partial charge in [0.2, 0.25) is 0 Å². The number of likely N-dealkylation sites (N-methyl/N-ethyl adjacent to an activating group) is 1. The zero-order valence-corrected chi connectivity index (χ0v) is 13.3. The number of furan rings is 1. The molecule has 0 aliphatic rings. The van der Waals surface area contributed by atoms with E-state index in [1.807, 2.05) is 33.2 Å².